The second-order valence-corrected chi connectivity index (χ2v) is 7.11. The summed E-state index contributed by atoms with van der Waals surface area (Å²) in [5.74, 6) is -0.138. The highest BCUT2D eigenvalue weighted by atomic mass is 19.1. The molecule has 166 valence electrons. The van der Waals surface area contributed by atoms with Gasteiger partial charge in [-0.25, -0.2) is 24.1 Å². The van der Waals surface area contributed by atoms with Crippen LogP contribution in [0, 0.1) is 5.82 Å². The molecule has 0 saturated carbocycles. The van der Waals surface area contributed by atoms with Gasteiger partial charge in [-0.3, -0.25) is 14.5 Å². The largest absolute Gasteiger partial charge is 0.489 e. The first-order valence-corrected chi connectivity index (χ1v) is 9.92. The van der Waals surface area contributed by atoms with Crippen molar-refractivity contribution in [2.45, 2.75) is 0 Å². The average molecular weight is 448 g/mol. The maximum Gasteiger partial charge on any atom is 0.412 e. The maximum absolute atomic E-state index is 13.6. The Morgan fingerprint density at radius 3 is 2.79 bits per heavy atom. The molecule has 3 aromatic heterocycles. The number of rotatable bonds is 3. The van der Waals surface area contributed by atoms with E-state index in [0.29, 0.717) is 35.1 Å². The molecule has 1 aliphatic heterocycles. The molecule has 1 N–H and O–H groups in total. The minimum atomic E-state index is -0.619. The number of carbonyl (C=O) groups is 2. The molecule has 0 saturated heterocycles. The summed E-state index contributed by atoms with van der Waals surface area (Å²) in [7, 11) is 1.27. The van der Waals surface area contributed by atoms with Gasteiger partial charge in [0.25, 0.3) is 5.91 Å². The lowest BCUT2D eigenvalue weighted by molar-refractivity contribution is 0.0971. The van der Waals surface area contributed by atoms with Crippen LogP contribution in [-0.2, 0) is 4.74 Å². The molecular weight excluding hydrogens is 431 g/mol. The number of amides is 2. The zero-order chi connectivity index (χ0) is 22.9. The van der Waals surface area contributed by atoms with E-state index in [0.717, 1.165) is 5.56 Å². The highest BCUT2D eigenvalue weighted by Crippen LogP contribution is 2.33. The lowest BCUT2D eigenvalue weighted by atomic mass is 10.2. The Labute approximate surface area is 186 Å². The molecular formula is C22H17FN6O4. The van der Waals surface area contributed by atoms with Crippen LogP contribution in [0.3, 0.4) is 0 Å². The first kappa shape index (κ1) is 20.4. The molecule has 10 nitrogen and oxygen atoms in total. The number of carbonyl (C=O) groups excluding carboxylic acids is 2. The summed E-state index contributed by atoms with van der Waals surface area (Å²) in [5, 5.41) is 2.48. The molecule has 2 amide bonds. The Bertz CT molecular complexity index is 1370. The fourth-order valence-corrected chi connectivity index (χ4v) is 3.53. The molecule has 0 radical (unpaired) electrons. The van der Waals surface area contributed by atoms with E-state index in [1.54, 1.807) is 35.1 Å². The molecule has 11 heteroatoms. The summed E-state index contributed by atoms with van der Waals surface area (Å²) in [4.78, 5) is 38.9. The number of imidazole rings is 1. The van der Waals surface area contributed by atoms with Crippen molar-refractivity contribution in [3.05, 3.63) is 66.6 Å². The molecule has 33 heavy (non-hydrogen) atoms. The molecule has 0 aliphatic carbocycles. The highest BCUT2D eigenvalue weighted by Gasteiger charge is 2.26. The van der Waals surface area contributed by atoms with Gasteiger partial charge in [0, 0.05) is 24.0 Å². The van der Waals surface area contributed by atoms with Gasteiger partial charge in [-0.15, -0.1) is 0 Å². The number of methoxy groups -OCH3 is 1. The number of ether oxygens (including phenoxy) is 2. The van der Waals surface area contributed by atoms with Crippen LogP contribution in [0.2, 0.25) is 0 Å². The number of hydrogen-bond donors (Lipinski definition) is 1. The molecule has 1 aliphatic rings. The smallest absolute Gasteiger partial charge is 0.412 e. The van der Waals surface area contributed by atoms with E-state index in [9.17, 15) is 14.0 Å². The number of hydrogen-bond acceptors (Lipinski definition) is 7. The second-order valence-electron chi connectivity index (χ2n) is 7.11. The zero-order valence-corrected chi connectivity index (χ0v) is 17.4. The second kappa shape index (κ2) is 8.19. The van der Waals surface area contributed by atoms with E-state index in [2.05, 4.69) is 25.0 Å². The topological polar surface area (TPSA) is 111 Å². The monoisotopic (exact) mass is 448 g/mol. The normalized spacial score (nSPS) is 12.7. The fourth-order valence-electron chi connectivity index (χ4n) is 3.53. The first-order valence-electron chi connectivity index (χ1n) is 9.92. The summed E-state index contributed by atoms with van der Waals surface area (Å²) < 4.78 is 25.3. The van der Waals surface area contributed by atoms with Gasteiger partial charge in [0.15, 0.2) is 5.65 Å². The van der Waals surface area contributed by atoms with Gasteiger partial charge in [0.2, 0.25) is 0 Å². The van der Waals surface area contributed by atoms with Crippen LogP contribution in [0.5, 0.6) is 5.75 Å². The molecule has 0 atom stereocenters. The van der Waals surface area contributed by atoms with E-state index in [-0.39, 0.29) is 18.2 Å². The van der Waals surface area contributed by atoms with Crippen molar-refractivity contribution in [1.29, 1.82) is 0 Å². The predicted molar refractivity (Wildman–Crippen MR) is 116 cm³/mol. The van der Waals surface area contributed by atoms with Crippen molar-refractivity contribution in [3.8, 4) is 17.0 Å². The van der Waals surface area contributed by atoms with E-state index in [1.807, 2.05) is 0 Å². The first-order chi connectivity index (χ1) is 16.0. The van der Waals surface area contributed by atoms with Gasteiger partial charge in [0.1, 0.15) is 29.7 Å². The van der Waals surface area contributed by atoms with Crippen LogP contribution in [-0.4, -0.2) is 51.6 Å². The molecule has 5 rings (SSSR count). The molecule has 4 heterocycles. The van der Waals surface area contributed by atoms with Gasteiger partial charge < -0.3 is 14.4 Å². The Balaban J connectivity index is 1.47. The third kappa shape index (κ3) is 3.80. The Kier molecular flexibility index (Phi) is 5.05. The molecule has 0 bridgehead atoms. The van der Waals surface area contributed by atoms with Crippen LogP contribution >= 0.6 is 0 Å². The van der Waals surface area contributed by atoms with E-state index in [1.165, 1.54) is 36.4 Å². The lowest BCUT2D eigenvalue weighted by Gasteiger charge is -2.29. The third-order valence-corrected chi connectivity index (χ3v) is 5.12. The van der Waals surface area contributed by atoms with E-state index in [4.69, 9.17) is 4.74 Å². The van der Waals surface area contributed by atoms with Crippen LogP contribution in [0.25, 0.3) is 16.9 Å². The fraction of sp³-hybridized carbons (Fsp3) is 0.136. The SMILES string of the molecule is COC(=O)Nc1ccc(-c2cnc3cnc(C(=O)N4CCOc5cc(F)ccc54)cn23)cn1. The van der Waals surface area contributed by atoms with Crippen LogP contribution in [0.4, 0.5) is 20.7 Å². The highest BCUT2D eigenvalue weighted by molar-refractivity contribution is 6.05. The predicted octanol–water partition coefficient (Wildman–Crippen LogP) is 3.15. The summed E-state index contributed by atoms with van der Waals surface area (Å²) in [6, 6.07) is 7.44. The Morgan fingerprint density at radius 1 is 1.12 bits per heavy atom. The number of benzene rings is 1. The van der Waals surface area contributed by atoms with Gasteiger partial charge >= 0.3 is 6.09 Å². The van der Waals surface area contributed by atoms with Gasteiger partial charge in [0.05, 0.1) is 37.4 Å². The molecule has 0 fully saturated rings. The van der Waals surface area contributed by atoms with Gasteiger partial charge in [-0.1, -0.05) is 0 Å². The summed E-state index contributed by atoms with van der Waals surface area (Å²) in [5.41, 5.74) is 2.62. The maximum atomic E-state index is 13.6. The minimum Gasteiger partial charge on any atom is -0.489 e. The summed E-state index contributed by atoms with van der Waals surface area (Å²) in [6.45, 7) is 0.560. The van der Waals surface area contributed by atoms with Crippen LogP contribution in [0.15, 0.2) is 55.1 Å². The number of pyridine rings is 1. The number of halogens is 1. The molecule has 0 spiro atoms. The Hall–Kier alpha value is -4.54. The molecule has 4 aromatic rings. The zero-order valence-electron chi connectivity index (χ0n) is 17.4. The van der Waals surface area contributed by atoms with E-state index >= 15 is 0 Å². The number of nitrogens with one attached hydrogen (secondary N) is 1. The third-order valence-electron chi connectivity index (χ3n) is 5.12. The molecule has 0 unspecified atom stereocenters. The van der Waals surface area contributed by atoms with Gasteiger partial charge in [-0.05, 0) is 24.3 Å². The van der Waals surface area contributed by atoms with Crippen molar-refractivity contribution in [2.75, 3.05) is 30.5 Å². The quantitative estimate of drug-likeness (QED) is 0.513. The number of nitrogens with zero attached hydrogens (tertiary/aromatic N) is 5. The lowest BCUT2D eigenvalue weighted by Crippen LogP contribution is -2.38. The van der Waals surface area contributed by atoms with Crippen LogP contribution < -0.4 is 15.0 Å². The van der Waals surface area contributed by atoms with Crippen LogP contribution in [0.1, 0.15) is 10.5 Å². The van der Waals surface area contributed by atoms with E-state index < -0.39 is 11.9 Å². The summed E-state index contributed by atoms with van der Waals surface area (Å²) >= 11 is 0. The standard InChI is InChI=1S/C22H17FN6O4/c1-32-22(31)27-19-5-2-13(9-25-19)17-10-26-20-11-24-15(12-29(17)20)21(30)28-6-7-33-18-8-14(23)3-4-16(18)28/h2-5,8-12H,6-7H2,1H3,(H,25,27,31). The number of aromatic nitrogens is 4. The number of fused-ring (bicyclic) bond motifs is 2. The van der Waals surface area contributed by atoms with Gasteiger partial charge in [-0.2, -0.15) is 0 Å². The summed E-state index contributed by atoms with van der Waals surface area (Å²) in [6.07, 6.45) is 5.70. The molecule has 1 aromatic carbocycles. The van der Waals surface area contributed by atoms with Crippen molar-refractivity contribution in [3.63, 3.8) is 0 Å². The minimum absolute atomic E-state index is 0.191. The van der Waals surface area contributed by atoms with Crippen molar-refractivity contribution in [2.24, 2.45) is 0 Å². The van der Waals surface area contributed by atoms with Crippen molar-refractivity contribution < 1.29 is 23.5 Å². The average Bonchev–Trinajstić information content (AvgIpc) is 3.26. The van der Waals surface area contributed by atoms with Crippen molar-refractivity contribution in [1.82, 2.24) is 19.4 Å². The van der Waals surface area contributed by atoms with Crippen molar-refractivity contribution >= 4 is 29.2 Å². The number of anilines is 2. The Morgan fingerprint density at radius 2 is 2.00 bits per heavy atom.